The Morgan fingerprint density at radius 2 is 1.74 bits per heavy atom. The van der Waals surface area contributed by atoms with Crippen LogP contribution in [0.15, 0.2) is 48.7 Å². The highest BCUT2D eigenvalue weighted by atomic mass is 35.5. The molecule has 0 N–H and O–H groups in total. The molecule has 0 saturated heterocycles. The van der Waals surface area contributed by atoms with E-state index in [9.17, 15) is 0 Å². The van der Waals surface area contributed by atoms with Crippen molar-refractivity contribution in [2.45, 2.75) is 6.54 Å². The van der Waals surface area contributed by atoms with E-state index in [1.54, 1.807) is 6.07 Å². The number of halogens is 3. The number of hydrogen-bond donors (Lipinski definition) is 0. The smallest absolute Gasteiger partial charge is 0.0672 e. The van der Waals surface area contributed by atoms with Gasteiger partial charge in [-0.05, 0) is 35.9 Å². The van der Waals surface area contributed by atoms with Gasteiger partial charge in [-0.3, -0.25) is 0 Å². The minimum atomic E-state index is 0.645. The fourth-order valence-corrected chi connectivity index (χ4v) is 2.86. The molecule has 19 heavy (non-hydrogen) atoms. The van der Waals surface area contributed by atoms with Gasteiger partial charge in [-0.25, -0.2) is 0 Å². The van der Waals surface area contributed by atoms with E-state index in [2.05, 4.69) is 4.57 Å². The Hall–Kier alpha value is -1.15. The Kier molecular flexibility index (Phi) is 3.44. The van der Waals surface area contributed by atoms with Crippen molar-refractivity contribution in [1.29, 1.82) is 0 Å². The largest absolute Gasteiger partial charge is 0.342 e. The van der Waals surface area contributed by atoms with Crippen LogP contribution >= 0.6 is 34.8 Å². The van der Waals surface area contributed by atoms with Gasteiger partial charge in [0.2, 0.25) is 0 Å². The topological polar surface area (TPSA) is 4.93 Å². The highest BCUT2D eigenvalue weighted by molar-refractivity contribution is 6.35. The minimum absolute atomic E-state index is 0.645. The van der Waals surface area contributed by atoms with E-state index in [1.807, 2.05) is 42.6 Å². The highest BCUT2D eigenvalue weighted by Crippen LogP contribution is 2.27. The first-order valence-electron chi connectivity index (χ1n) is 5.82. The first kappa shape index (κ1) is 12.9. The molecular formula is C15H10Cl3N. The maximum Gasteiger partial charge on any atom is 0.0672 e. The summed E-state index contributed by atoms with van der Waals surface area (Å²) in [5, 5.41) is 3.24. The molecule has 0 aliphatic heterocycles. The molecule has 3 rings (SSSR count). The average molecular weight is 311 g/mol. The van der Waals surface area contributed by atoms with Gasteiger partial charge in [0, 0.05) is 28.2 Å². The maximum atomic E-state index is 6.26. The van der Waals surface area contributed by atoms with E-state index >= 15 is 0 Å². The first-order chi connectivity index (χ1) is 9.15. The lowest BCUT2D eigenvalue weighted by molar-refractivity contribution is 0.837. The molecule has 0 radical (unpaired) electrons. The molecular weight excluding hydrogens is 301 g/mol. The summed E-state index contributed by atoms with van der Waals surface area (Å²) in [5.74, 6) is 0. The Morgan fingerprint density at radius 3 is 2.58 bits per heavy atom. The summed E-state index contributed by atoms with van der Waals surface area (Å²) in [6.07, 6.45) is 2.01. The minimum Gasteiger partial charge on any atom is -0.342 e. The summed E-state index contributed by atoms with van der Waals surface area (Å²) in [4.78, 5) is 0. The van der Waals surface area contributed by atoms with Crippen LogP contribution in [0, 0.1) is 0 Å². The molecule has 0 spiro atoms. The lowest BCUT2D eigenvalue weighted by atomic mass is 10.2. The van der Waals surface area contributed by atoms with Crippen molar-refractivity contribution in [3.8, 4) is 0 Å². The van der Waals surface area contributed by atoms with Crippen LogP contribution < -0.4 is 0 Å². The fraction of sp³-hybridized carbons (Fsp3) is 0.0667. The second-order valence-electron chi connectivity index (χ2n) is 4.36. The van der Waals surface area contributed by atoms with Gasteiger partial charge in [0.15, 0.2) is 0 Å². The Morgan fingerprint density at radius 1 is 0.895 bits per heavy atom. The summed E-state index contributed by atoms with van der Waals surface area (Å²) in [6, 6.07) is 13.4. The summed E-state index contributed by atoms with van der Waals surface area (Å²) >= 11 is 18.5. The van der Waals surface area contributed by atoms with Crippen LogP contribution in [0.1, 0.15) is 5.56 Å². The second kappa shape index (κ2) is 5.09. The quantitative estimate of drug-likeness (QED) is 0.576. The molecule has 2 aromatic carbocycles. The van der Waals surface area contributed by atoms with Gasteiger partial charge in [0.25, 0.3) is 0 Å². The predicted octanol–water partition coefficient (Wildman–Crippen LogP) is 5.65. The van der Waals surface area contributed by atoms with E-state index in [4.69, 9.17) is 34.8 Å². The van der Waals surface area contributed by atoms with Crippen LogP contribution in [0.2, 0.25) is 15.1 Å². The van der Waals surface area contributed by atoms with Gasteiger partial charge >= 0.3 is 0 Å². The normalized spacial score (nSPS) is 11.1. The monoisotopic (exact) mass is 309 g/mol. The third-order valence-electron chi connectivity index (χ3n) is 3.09. The highest BCUT2D eigenvalue weighted by Gasteiger charge is 2.08. The molecule has 3 aromatic rings. The van der Waals surface area contributed by atoms with Crippen LogP contribution in [0.4, 0.5) is 0 Å². The molecule has 0 amide bonds. The second-order valence-corrected chi connectivity index (χ2v) is 5.61. The molecule has 0 aliphatic carbocycles. The van der Waals surface area contributed by atoms with Crippen molar-refractivity contribution < 1.29 is 0 Å². The van der Waals surface area contributed by atoms with Crippen molar-refractivity contribution >= 4 is 45.7 Å². The zero-order chi connectivity index (χ0) is 13.4. The summed E-state index contributed by atoms with van der Waals surface area (Å²) in [6.45, 7) is 0.645. The van der Waals surface area contributed by atoms with Crippen molar-refractivity contribution in [2.75, 3.05) is 0 Å². The van der Waals surface area contributed by atoms with Gasteiger partial charge < -0.3 is 4.57 Å². The van der Waals surface area contributed by atoms with E-state index < -0.39 is 0 Å². The van der Waals surface area contributed by atoms with Gasteiger partial charge in [0.05, 0.1) is 10.5 Å². The number of fused-ring (bicyclic) bond motifs is 1. The van der Waals surface area contributed by atoms with Crippen molar-refractivity contribution in [3.05, 3.63) is 69.3 Å². The molecule has 1 heterocycles. The summed E-state index contributed by atoms with van der Waals surface area (Å²) in [5.41, 5.74) is 1.99. The van der Waals surface area contributed by atoms with Crippen LogP contribution in [0.5, 0.6) is 0 Å². The lowest BCUT2D eigenvalue weighted by Crippen LogP contribution is -1.99. The molecule has 4 heteroatoms. The van der Waals surface area contributed by atoms with E-state index in [0.29, 0.717) is 16.6 Å². The summed E-state index contributed by atoms with van der Waals surface area (Å²) in [7, 11) is 0. The molecule has 96 valence electrons. The molecule has 0 bridgehead atoms. The number of hydrogen-bond acceptors (Lipinski definition) is 0. The zero-order valence-electron chi connectivity index (χ0n) is 9.91. The van der Waals surface area contributed by atoms with Crippen molar-refractivity contribution in [1.82, 2.24) is 4.57 Å². The standard InChI is InChI=1S/C15H10Cl3N/c16-12-4-5-13(17)11(8-12)9-19-7-6-10-2-1-3-14(18)15(10)19/h1-8H,9H2. The fourth-order valence-electron chi connectivity index (χ4n) is 2.19. The van der Waals surface area contributed by atoms with Crippen molar-refractivity contribution in [2.24, 2.45) is 0 Å². The SMILES string of the molecule is Clc1ccc(Cl)c(Cn2ccc3cccc(Cl)c32)c1. The third kappa shape index (κ3) is 2.46. The number of benzene rings is 2. The van der Waals surface area contributed by atoms with Gasteiger partial charge in [0.1, 0.15) is 0 Å². The van der Waals surface area contributed by atoms with E-state index in [0.717, 1.165) is 21.5 Å². The first-order valence-corrected chi connectivity index (χ1v) is 6.96. The van der Waals surface area contributed by atoms with Crippen LogP contribution in [0.3, 0.4) is 0 Å². The average Bonchev–Trinajstić information content (AvgIpc) is 2.79. The summed E-state index contributed by atoms with van der Waals surface area (Å²) < 4.78 is 2.08. The van der Waals surface area contributed by atoms with Crippen LogP contribution in [-0.2, 0) is 6.54 Å². The molecule has 1 aromatic heterocycles. The van der Waals surface area contributed by atoms with Gasteiger partial charge in [-0.2, -0.15) is 0 Å². The Labute approximate surface area is 126 Å². The van der Waals surface area contributed by atoms with Crippen LogP contribution in [-0.4, -0.2) is 4.57 Å². The lowest BCUT2D eigenvalue weighted by Gasteiger charge is -2.09. The molecule has 0 atom stereocenters. The van der Waals surface area contributed by atoms with E-state index in [-0.39, 0.29) is 0 Å². The zero-order valence-corrected chi connectivity index (χ0v) is 12.2. The third-order valence-corrected chi connectivity index (χ3v) is 4.00. The van der Waals surface area contributed by atoms with Gasteiger partial charge in [-0.15, -0.1) is 0 Å². The Balaban J connectivity index is 2.08. The maximum absolute atomic E-state index is 6.26. The van der Waals surface area contributed by atoms with E-state index in [1.165, 1.54) is 0 Å². The number of aromatic nitrogens is 1. The number of rotatable bonds is 2. The Bertz CT molecular complexity index is 746. The van der Waals surface area contributed by atoms with Crippen LogP contribution in [0.25, 0.3) is 10.9 Å². The van der Waals surface area contributed by atoms with Gasteiger partial charge in [-0.1, -0.05) is 46.9 Å². The molecule has 0 fully saturated rings. The number of nitrogens with zero attached hydrogens (tertiary/aromatic N) is 1. The molecule has 1 nitrogen and oxygen atoms in total. The predicted molar refractivity (Wildman–Crippen MR) is 82.5 cm³/mol. The number of para-hydroxylation sites is 1. The molecule has 0 saturated carbocycles. The molecule has 0 aliphatic rings. The van der Waals surface area contributed by atoms with Crippen molar-refractivity contribution in [3.63, 3.8) is 0 Å². The molecule has 0 unspecified atom stereocenters.